The van der Waals surface area contributed by atoms with Gasteiger partial charge in [-0.25, -0.2) is 4.98 Å². The van der Waals surface area contributed by atoms with Crippen LogP contribution in [0.5, 0.6) is 0 Å². The molecule has 0 radical (unpaired) electrons. The average molecular weight is 273 g/mol. The smallest absolute Gasteiger partial charge is 0.107 e. The molecule has 1 N–H and O–H groups in total. The molecule has 3 nitrogen and oxygen atoms in total. The van der Waals surface area contributed by atoms with Gasteiger partial charge in [0.05, 0.1) is 5.69 Å². The first-order valence-corrected chi connectivity index (χ1v) is 7.66. The highest BCUT2D eigenvalue weighted by atomic mass is 32.1. The Morgan fingerprint density at radius 2 is 2.00 bits per heavy atom. The Labute approximate surface area is 118 Å². The molecule has 0 aliphatic carbocycles. The fourth-order valence-electron chi connectivity index (χ4n) is 2.48. The van der Waals surface area contributed by atoms with Crippen molar-refractivity contribution < 1.29 is 0 Å². The number of hydrogen-bond donors (Lipinski definition) is 1. The second-order valence-corrected chi connectivity index (χ2v) is 5.87. The predicted octanol–water partition coefficient (Wildman–Crippen LogP) is 2.77. The minimum absolute atomic E-state index is 0.890. The fourth-order valence-corrected chi connectivity index (χ4v) is 3.23. The van der Waals surface area contributed by atoms with Gasteiger partial charge in [0.25, 0.3) is 0 Å². The van der Waals surface area contributed by atoms with E-state index in [1.807, 2.05) is 0 Å². The molecule has 1 aliphatic heterocycles. The molecule has 1 aliphatic rings. The number of thiazole rings is 1. The van der Waals surface area contributed by atoms with E-state index in [0.29, 0.717) is 0 Å². The molecule has 0 saturated carbocycles. The van der Waals surface area contributed by atoms with Crippen molar-refractivity contribution >= 4 is 11.3 Å². The topological polar surface area (TPSA) is 28.2 Å². The van der Waals surface area contributed by atoms with Crippen molar-refractivity contribution in [1.82, 2.24) is 15.2 Å². The quantitative estimate of drug-likeness (QED) is 0.908. The first kappa shape index (κ1) is 12.8. The predicted molar refractivity (Wildman–Crippen MR) is 78.9 cm³/mol. The maximum absolute atomic E-state index is 4.69. The Bertz CT molecular complexity index is 525. The number of fused-ring (bicyclic) bond motifs is 1. The summed E-state index contributed by atoms with van der Waals surface area (Å²) in [5.74, 6) is 0. The molecule has 0 fully saturated rings. The van der Waals surface area contributed by atoms with Gasteiger partial charge in [-0.1, -0.05) is 31.2 Å². The summed E-state index contributed by atoms with van der Waals surface area (Å²) in [6.07, 6.45) is 0. The molecule has 0 bridgehead atoms. The number of aromatic nitrogens is 1. The highest BCUT2D eigenvalue weighted by Gasteiger charge is 2.18. The van der Waals surface area contributed by atoms with E-state index in [0.717, 1.165) is 32.7 Å². The summed E-state index contributed by atoms with van der Waals surface area (Å²) in [7, 11) is 0. The van der Waals surface area contributed by atoms with E-state index in [-0.39, 0.29) is 0 Å². The molecule has 19 heavy (non-hydrogen) atoms. The van der Waals surface area contributed by atoms with Crippen LogP contribution >= 0.6 is 11.3 Å². The first-order valence-electron chi connectivity index (χ1n) is 6.78. The molecule has 1 aromatic heterocycles. The van der Waals surface area contributed by atoms with E-state index in [4.69, 9.17) is 0 Å². The lowest BCUT2D eigenvalue weighted by atomic mass is 10.1. The van der Waals surface area contributed by atoms with Crippen LogP contribution in [0.2, 0.25) is 0 Å². The summed E-state index contributed by atoms with van der Waals surface area (Å²) in [4.78, 5) is 7.14. The number of rotatable bonds is 5. The third-order valence-corrected chi connectivity index (χ3v) is 4.32. The maximum Gasteiger partial charge on any atom is 0.107 e. The van der Waals surface area contributed by atoms with Crippen LogP contribution in [0.1, 0.15) is 28.8 Å². The Balaban J connectivity index is 1.60. The summed E-state index contributed by atoms with van der Waals surface area (Å²) in [6, 6.07) is 8.71. The van der Waals surface area contributed by atoms with E-state index in [2.05, 4.69) is 51.8 Å². The lowest BCUT2D eigenvalue weighted by molar-refractivity contribution is 0.272. The Hall–Kier alpha value is -1.23. The minimum atomic E-state index is 0.890. The molecule has 1 aromatic carbocycles. The molecule has 2 heterocycles. The standard InChI is InChI=1S/C15H19N3S/c1-2-16-7-15-17-14(11-19-15)10-18-8-12-5-3-4-6-13(12)9-18/h3-6,11,16H,2,7-10H2,1H3. The largest absolute Gasteiger partial charge is 0.311 e. The van der Waals surface area contributed by atoms with Crippen LogP contribution in [0.4, 0.5) is 0 Å². The van der Waals surface area contributed by atoms with Gasteiger partial charge in [0, 0.05) is 31.6 Å². The van der Waals surface area contributed by atoms with Gasteiger partial charge in [0.1, 0.15) is 5.01 Å². The van der Waals surface area contributed by atoms with Crippen LogP contribution in [0, 0.1) is 0 Å². The monoisotopic (exact) mass is 273 g/mol. The Morgan fingerprint density at radius 3 is 2.68 bits per heavy atom. The van der Waals surface area contributed by atoms with E-state index in [1.54, 1.807) is 11.3 Å². The van der Waals surface area contributed by atoms with E-state index in [9.17, 15) is 0 Å². The third kappa shape index (κ3) is 3.03. The van der Waals surface area contributed by atoms with Gasteiger partial charge in [-0.3, -0.25) is 4.90 Å². The highest BCUT2D eigenvalue weighted by molar-refractivity contribution is 7.09. The molecule has 4 heteroatoms. The van der Waals surface area contributed by atoms with Crippen molar-refractivity contribution in [2.75, 3.05) is 6.54 Å². The molecule has 100 valence electrons. The van der Waals surface area contributed by atoms with Gasteiger partial charge in [-0.05, 0) is 17.7 Å². The zero-order valence-corrected chi connectivity index (χ0v) is 12.0. The summed E-state index contributed by atoms with van der Waals surface area (Å²) in [6.45, 7) is 7.07. The van der Waals surface area contributed by atoms with Crippen molar-refractivity contribution in [3.05, 3.63) is 51.5 Å². The van der Waals surface area contributed by atoms with Crippen molar-refractivity contribution in [1.29, 1.82) is 0 Å². The van der Waals surface area contributed by atoms with Gasteiger partial charge in [-0.15, -0.1) is 11.3 Å². The van der Waals surface area contributed by atoms with Gasteiger partial charge in [0.15, 0.2) is 0 Å². The third-order valence-electron chi connectivity index (χ3n) is 3.42. The number of nitrogens with zero attached hydrogens (tertiary/aromatic N) is 2. The second kappa shape index (κ2) is 5.82. The Morgan fingerprint density at radius 1 is 1.26 bits per heavy atom. The molecule has 0 spiro atoms. The number of nitrogens with one attached hydrogen (secondary N) is 1. The van der Waals surface area contributed by atoms with Crippen LogP contribution in [0.25, 0.3) is 0 Å². The van der Waals surface area contributed by atoms with Crippen LogP contribution < -0.4 is 5.32 Å². The number of benzene rings is 1. The molecule has 2 aromatic rings. The zero-order chi connectivity index (χ0) is 13.1. The Kier molecular flexibility index (Phi) is 3.92. The van der Waals surface area contributed by atoms with Crippen molar-refractivity contribution in [3.63, 3.8) is 0 Å². The molecule has 3 rings (SSSR count). The summed E-state index contributed by atoms with van der Waals surface area (Å²) in [5, 5.41) is 6.70. The van der Waals surface area contributed by atoms with Crippen LogP contribution in [-0.2, 0) is 26.2 Å². The van der Waals surface area contributed by atoms with E-state index < -0.39 is 0 Å². The lowest BCUT2D eigenvalue weighted by Crippen LogP contribution is -2.16. The van der Waals surface area contributed by atoms with Crippen LogP contribution in [0.15, 0.2) is 29.6 Å². The minimum Gasteiger partial charge on any atom is -0.311 e. The zero-order valence-electron chi connectivity index (χ0n) is 11.2. The van der Waals surface area contributed by atoms with Gasteiger partial charge >= 0.3 is 0 Å². The molecule has 0 saturated heterocycles. The highest BCUT2D eigenvalue weighted by Crippen LogP contribution is 2.24. The lowest BCUT2D eigenvalue weighted by Gasteiger charge is -2.12. The van der Waals surface area contributed by atoms with Crippen LogP contribution in [-0.4, -0.2) is 16.4 Å². The fraction of sp³-hybridized carbons (Fsp3) is 0.400. The van der Waals surface area contributed by atoms with Crippen molar-refractivity contribution in [3.8, 4) is 0 Å². The van der Waals surface area contributed by atoms with Gasteiger partial charge in [-0.2, -0.15) is 0 Å². The maximum atomic E-state index is 4.69. The molecule has 0 unspecified atom stereocenters. The van der Waals surface area contributed by atoms with Crippen molar-refractivity contribution in [2.24, 2.45) is 0 Å². The van der Waals surface area contributed by atoms with Gasteiger partial charge in [0.2, 0.25) is 0 Å². The summed E-state index contributed by atoms with van der Waals surface area (Å²) in [5.41, 5.74) is 4.13. The molecule has 0 amide bonds. The first-order chi connectivity index (χ1) is 9.35. The van der Waals surface area contributed by atoms with Gasteiger partial charge < -0.3 is 5.32 Å². The summed E-state index contributed by atoms with van der Waals surface area (Å²) < 4.78 is 0. The van der Waals surface area contributed by atoms with E-state index in [1.165, 1.54) is 21.8 Å². The molecule has 0 atom stereocenters. The second-order valence-electron chi connectivity index (χ2n) is 4.93. The molecular formula is C15H19N3S. The normalized spacial score (nSPS) is 14.8. The van der Waals surface area contributed by atoms with E-state index >= 15 is 0 Å². The number of hydrogen-bond acceptors (Lipinski definition) is 4. The summed E-state index contributed by atoms with van der Waals surface area (Å²) >= 11 is 1.76. The molecular weight excluding hydrogens is 254 g/mol. The van der Waals surface area contributed by atoms with Crippen LogP contribution in [0.3, 0.4) is 0 Å². The van der Waals surface area contributed by atoms with Crippen molar-refractivity contribution in [2.45, 2.75) is 33.1 Å². The SMILES string of the molecule is CCNCc1nc(CN2Cc3ccccc3C2)cs1. The average Bonchev–Trinajstić information content (AvgIpc) is 3.02.